The molecule has 0 atom stereocenters. The summed E-state index contributed by atoms with van der Waals surface area (Å²) in [5, 5.41) is 0. The fourth-order valence-corrected chi connectivity index (χ4v) is 3.17. The van der Waals surface area contributed by atoms with Crippen molar-refractivity contribution in [3.63, 3.8) is 0 Å². The van der Waals surface area contributed by atoms with Gasteiger partial charge in [-0.2, -0.15) is 0 Å². The largest absolute Gasteiger partial charge is 0.370 e. The summed E-state index contributed by atoms with van der Waals surface area (Å²) in [4.78, 5) is 25.9. The highest BCUT2D eigenvalue weighted by Crippen LogP contribution is 2.19. The number of nitrogens with zero attached hydrogens (tertiary/aromatic N) is 2. The van der Waals surface area contributed by atoms with E-state index in [1.54, 1.807) is 0 Å². The van der Waals surface area contributed by atoms with Gasteiger partial charge in [0.25, 0.3) is 0 Å². The van der Waals surface area contributed by atoms with Gasteiger partial charge in [-0.15, -0.1) is 0 Å². The molecule has 0 saturated heterocycles. The Balaban J connectivity index is 1.66. The number of aldehydes is 2. The molecule has 0 unspecified atom stereocenters. The van der Waals surface area contributed by atoms with Crippen molar-refractivity contribution in [2.75, 3.05) is 23.9 Å². The van der Waals surface area contributed by atoms with E-state index in [-0.39, 0.29) is 0 Å². The number of anilines is 2. The minimum absolute atomic E-state index is 0.684. The molecule has 4 heteroatoms. The van der Waals surface area contributed by atoms with Gasteiger partial charge in [-0.3, -0.25) is 9.59 Å². The molecule has 3 aromatic carbocycles. The smallest absolute Gasteiger partial charge is 0.150 e. The van der Waals surface area contributed by atoms with Crippen LogP contribution in [0, 0.1) is 0 Å². The van der Waals surface area contributed by atoms with Crippen LogP contribution < -0.4 is 9.80 Å². The maximum atomic E-state index is 10.8. The van der Waals surface area contributed by atoms with Crippen molar-refractivity contribution < 1.29 is 9.59 Å². The van der Waals surface area contributed by atoms with Crippen molar-refractivity contribution in [2.24, 2.45) is 0 Å². The number of benzene rings is 3. The lowest BCUT2D eigenvalue weighted by atomic mass is 10.1. The second kappa shape index (κ2) is 9.00. The number of hydrogen-bond donors (Lipinski definition) is 0. The van der Waals surface area contributed by atoms with Crippen molar-refractivity contribution in [2.45, 2.75) is 13.1 Å². The lowest BCUT2D eigenvalue weighted by molar-refractivity contribution is 0.111. The predicted octanol–water partition coefficient (Wildman–Crippen LogP) is 4.58. The zero-order valence-electron chi connectivity index (χ0n) is 16.2. The highest BCUT2D eigenvalue weighted by Gasteiger charge is 2.06. The van der Waals surface area contributed by atoms with Crippen LogP contribution in [0.5, 0.6) is 0 Å². The quantitative estimate of drug-likeness (QED) is 0.543. The Morgan fingerprint density at radius 3 is 1.39 bits per heavy atom. The second-order valence-corrected chi connectivity index (χ2v) is 6.95. The molecular weight excluding hydrogens is 348 g/mol. The van der Waals surface area contributed by atoms with Crippen molar-refractivity contribution in [3.8, 4) is 0 Å². The summed E-state index contributed by atoms with van der Waals surface area (Å²) in [6.07, 6.45) is 1.71. The van der Waals surface area contributed by atoms with E-state index in [0.29, 0.717) is 11.1 Å². The van der Waals surface area contributed by atoms with Crippen LogP contribution in [0.4, 0.5) is 11.4 Å². The normalized spacial score (nSPS) is 10.4. The highest BCUT2D eigenvalue weighted by atomic mass is 16.1. The number of carbonyl (C=O) groups excluding carboxylic acids is 2. The molecule has 0 aliphatic heterocycles. The van der Waals surface area contributed by atoms with Crippen LogP contribution in [0.15, 0.2) is 72.8 Å². The molecule has 0 radical (unpaired) electrons. The number of hydrogen-bond acceptors (Lipinski definition) is 4. The third kappa shape index (κ3) is 4.86. The fourth-order valence-electron chi connectivity index (χ4n) is 3.17. The molecule has 0 spiro atoms. The summed E-state index contributed by atoms with van der Waals surface area (Å²) < 4.78 is 0. The van der Waals surface area contributed by atoms with Gasteiger partial charge in [-0.1, -0.05) is 24.3 Å². The van der Waals surface area contributed by atoms with Crippen molar-refractivity contribution in [1.82, 2.24) is 0 Å². The molecule has 0 aromatic heterocycles. The van der Waals surface area contributed by atoms with Crippen molar-refractivity contribution in [3.05, 3.63) is 95.1 Å². The van der Waals surface area contributed by atoms with E-state index in [2.05, 4.69) is 34.1 Å². The molecule has 28 heavy (non-hydrogen) atoms. The molecule has 0 heterocycles. The van der Waals surface area contributed by atoms with Crippen molar-refractivity contribution >= 4 is 23.9 Å². The zero-order chi connectivity index (χ0) is 19.9. The lowest BCUT2D eigenvalue weighted by Gasteiger charge is -2.22. The van der Waals surface area contributed by atoms with E-state index in [9.17, 15) is 9.59 Å². The number of rotatable bonds is 8. The van der Waals surface area contributed by atoms with Gasteiger partial charge in [0.1, 0.15) is 12.6 Å². The lowest BCUT2D eigenvalue weighted by Crippen LogP contribution is -2.18. The highest BCUT2D eigenvalue weighted by molar-refractivity contribution is 5.76. The molecular formula is C24H24N2O2. The first-order valence-electron chi connectivity index (χ1n) is 9.19. The molecule has 4 nitrogen and oxygen atoms in total. The minimum Gasteiger partial charge on any atom is -0.370 e. The monoisotopic (exact) mass is 372 g/mol. The molecule has 0 saturated carbocycles. The first kappa shape index (κ1) is 19.4. The average molecular weight is 372 g/mol. The topological polar surface area (TPSA) is 40.6 Å². The van der Waals surface area contributed by atoms with Crippen LogP contribution in [-0.2, 0) is 13.1 Å². The average Bonchev–Trinajstić information content (AvgIpc) is 2.74. The summed E-state index contributed by atoms with van der Waals surface area (Å²) in [5.41, 5.74) is 5.96. The van der Waals surface area contributed by atoms with Gasteiger partial charge in [0.05, 0.1) is 0 Å². The molecule has 142 valence electrons. The standard InChI is InChI=1S/C24H24N2O2/c1-25(23-10-6-19(17-27)7-11-23)15-21-4-3-5-22(14-21)16-26(2)24-12-8-20(18-28)9-13-24/h3-14,17-18H,15-16H2,1-2H3. The molecule has 3 rings (SSSR count). The maximum Gasteiger partial charge on any atom is 0.150 e. The van der Waals surface area contributed by atoms with Gasteiger partial charge < -0.3 is 9.80 Å². The van der Waals surface area contributed by atoms with E-state index >= 15 is 0 Å². The van der Waals surface area contributed by atoms with Gasteiger partial charge in [-0.05, 0) is 59.7 Å². The maximum absolute atomic E-state index is 10.8. The van der Waals surface area contributed by atoms with Gasteiger partial charge in [0.2, 0.25) is 0 Å². The summed E-state index contributed by atoms with van der Waals surface area (Å²) >= 11 is 0. The second-order valence-electron chi connectivity index (χ2n) is 6.95. The molecule has 0 aliphatic rings. The molecule has 0 fully saturated rings. The van der Waals surface area contributed by atoms with E-state index in [0.717, 1.165) is 37.0 Å². The van der Waals surface area contributed by atoms with Crippen LogP contribution in [-0.4, -0.2) is 26.7 Å². The third-order valence-electron chi connectivity index (χ3n) is 4.77. The first-order chi connectivity index (χ1) is 13.6. The summed E-state index contributed by atoms with van der Waals surface area (Å²) in [6, 6.07) is 23.7. The van der Waals surface area contributed by atoms with Crippen molar-refractivity contribution in [1.29, 1.82) is 0 Å². The Hall–Kier alpha value is -3.40. The zero-order valence-corrected chi connectivity index (χ0v) is 16.2. The summed E-state index contributed by atoms with van der Waals surface area (Å²) in [5.74, 6) is 0. The van der Waals surface area contributed by atoms with E-state index in [1.165, 1.54) is 11.1 Å². The Morgan fingerprint density at radius 2 is 1.04 bits per heavy atom. The minimum atomic E-state index is 0.684. The van der Waals surface area contributed by atoms with Crippen LogP contribution in [0.1, 0.15) is 31.8 Å². The Morgan fingerprint density at radius 1 is 0.643 bits per heavy atom. The molecule has 0 bridgehead atoms. The third-order valence-corrected chi connectivity index (χ3v) is 4.77. The van der Waals surface area contributed by atoms with Crippen LogP contribution in [0.25, 0.3) is 0 Å². The SMILES string of the molecule is CN(Cc1cccc(CN(C)c2ccc(C=O)cc2)c1)c1ccc(C=O)cc1. The Kier molecular flexibility index (Phi) is 6.22. The predicted molar refractivity (Wildman–Crippen MR) is 114 cm³/mol. The Labute approximate surface area is 166 Å². The molecule has 0 N–H and O–H groups in total. The van der Waals surface area contributed by atoms with Crippen LogP contribution >= 0.6 is 0 Å². The van der Waals surface area contributed by atoms with E-state index in [1.807, 2.05) is 62.6 Å². The van der Waals surface area contributed by atoms with Gasteiger partial charge in [0, 0.05) is 49.7 Å². The number of carbonyl (C=O) groups is 2. The van der Waals surface area contributed by atoms with Gasteiger partial charge >= 0.3 is 0 Å². The van der Waals surface area contributed by atoms with E-state index < -0.39 is 0 Å². The molecule has 3 aromatic rings. The first-order valence-corrected chi connectivity index (χ1v) is 9.19. The Bertz CT molecular complexity index is 859. The molecule has 0 aliphatic carbocycles. The van der Waals surface area contributed by atoms with E-state index in [4.69, 9.17) is 0 Å². The fraction of sp³-hybridized carbons (Fsp3) is 0.167. The summed E-state index contributed by atoms with van der Waals surface area (Å²) in [7, 11) is 4.09. The van der Waals surface area contributed by atoms with Crippen LogP contribution in [0.2, 0.25) is 0 Å². The van der Waals surface area contributed by atoms with Crippen LogP contribution in [0.3, 0.4) is 0 Å². The van der Waals surface area contributed by atoms with Gasteiger partial charge in [0.15, 0.2) is 0 Å². The van der Waals surface area contributed by atoms with Gasteiger partial charge in [-0.25, -0.2) is 0 Å². The molecule has 0 amide bonds. The summed E-state index contributed by atoms with van der Waals surface area (Å²) in [6.45, 7) is 1.57.